The molecule has 4 amide bonds. The van der Waals surface area contributed by atoms with E-state index in [-0.39, 0.29) is 5.82 Å². The Morgan fingerprint density at radius 2 is 1.49 bits per heavy atom. The minimum atomic E-state index is -1.52. The monoisotopic (exact) mass is 470 g/mol. The quantitative estimate of drug-likeness (QED) is 0.436. The van der Waals surface area contributed by atoms with E-state index in [1.807, 2.05) is 0 Å². The predicted octanol–water partition coefficient (Wildman–Crippen LogP) is 2.86. The first kappa shape index (κ1) is 22.0. The van der Waals surface area contributed by atoms with Crippen molar-refractivity contribution in [2.24, 2.45) is 0 Å². The van der Waals surface area contributed by atoms with Crippen molar-refractivity contribution in [3.63, 3.8) is 0 Å². The Labute approximate surface area is 199 Å². The Morgan fingerprint density at radius 1 is 0.914 bits per heavy atom. The van der Waals surface area contributed by atoms with Gasteiger partial charge in [0.15, 0.2) is 5.54 Å². The smallest absolute Gasteiger partial charge is 0.314 e. The number of carbonyl (C=O) groups excluding carboxylic acids is 3. The van der Waals surface area contributed by atoms with E-state index in [1.54, 1.807) is 67.6 Å². The highest BCUT2D eigenvalue weighted by Crippen LogP contribution is 2.35. The third-order valence-electron chi connectivity index (χ3n) is 5.69. The molecule has 1 aromatic heterocycles. The minimum absolute atomic E-state index is 0.260. The van der Waals surface area contributed by atoms with Gasteiger partial charge < -0.3 is 5.32 Å². The molecule has 5 rings (SSSR count). The number of urea groups is 1. The van der Waals surface area contributed by atoms with Crippen LogP contribution in [0.3, 0.4) is 0 Å². The van der Waals surface area contributed by atoms with Gasteiger partial charge in [-0.3, -0.25) is 9.59 Å². The van der Waals surface area contributed by atoms with Crippen molar-refractivity contribution in [1.82, 2.24) is 30.5 Å². The number of nitrogens with zero attached hydrogens (tertiary/aromatic N) is 4. The van der Waals surface area contributed by atoms with Crippen LogP contribution in [0.1, 0.15) is 27.6 Å². The van der Waals surface area contributed by atoms with Crippen molar-refractivity contribution in [3.8, 4) is 5.69 Å². The van der Waals surface area contributed by atoms with Gasteiger partial charge in [0.2, 0.25) is 5.82 Å². The van der Waals surface area contributed by atoms with Crippen molar-refractivity contribution in [3.05, 3.63) is 114 Å². The Balaban J connectivity index is 1.46. The molecule has 0 bridgehead atoms. The summed E-state index contributed by atoms with van der Waals surface area (Å²) in [6.07, 6.45) is 0. The number of halogens is 1. The predicted molar refractivity (Wildman–Crippen MR) is 123 cm³/mol. The molecule has 0 spiro atoms. The molecule has 3 aromatic carbocycles. The van der Waals surface area contributed by atoms with Gasteiger partial charge in [0.25, 0.3) is 5.91 Å². The van der Waals surface area contributed by atoms with Crippen LogP contribution in [0.4, 0.5) is 9.18 Å². The van der Waals surface area contributed by atoms with Crippen LogP contribution in [0.2, 0.25) is 0 Å². The first-order chi connectivity index (χ1) is 16.9. The van der Waals surface area contributed by atoms with E-state index in [0.717, 1.165) is 0 Å². The number of aromatic nitrogens is 3. The van der Waals surface area contributed by atoms with E-state index in [2.05, 4.69) is 20.8 Å². The van der Waals surface area contributed by atoms with Gasteiger partial charge in [0.1, 0.15) is 11.6 Å². The summed E-state index contributed by atoms with van der Waals surface area (Å²) in [6.45, 7) is 1.62. The van der Waals surface area contributed by atoms with Crippen LogP contribution >= 0.6 is 0 Å². The Hall–Kier alpha value is -4.86. The van der Waals surface area contributed by atoms with Crippen LogP contribution < -0.4 is 10.7 Å². The molecule has 4 aromatic rings. The number of imide groups is 1. The maximum atomic E-state index is 13.7. The van der Waals surface area contributed by atoms with Crippen molar-refractivity contribution in [2.45, 2.75) is 12.5 Å². The summed E-state index contributed by atoms with van der Waals surface area (Å²) in [5.74, 6) is -1.84. The molecular weight excluding hydrogens is 451 g/mol. The number of nitrogens with one attached hydrogen (secondary N) is 2. The van der Waals surface area contributed by atoms with Gasteiger partial charge in [0.05, 0.1) is 5.69 Å². The van der Waals surface area contributed by atoms with Gasteiger partial charge in [-0.25, -0.2) is 24.3 Å². The van der Waals surface area contributed by atoms with Gasteiger partial charge in [0, 0.05) is 0 Å². The van der Waals surface area contributed by atoms with Crippen molar-refractivity contribution in [1.29, 1.82) is 0 Å². The molecule has 174 valence electrons. The average molecular weight is 470 g/mol. The minimum Gasteiger partial charge on any atom is -0.314 e. The number of carbonyl (C=O) groups is 3. The van der Waals surface area contributed by atoms with Crippen molar-refractivity contribution >= 4 is 17.8 Å². The SMILES string of the molecule is Cc1nc(C(=O)NN2C(=O)NC(c3ccccc3)(c3ccccc3)C2=O)nn1-c1ccc(F)cc1. The van der Waals surface area contributed by atoms with Gasteiger partial charge in [-0.2, -0.15) is 5.01 Å². The number of hydrazine groups is 1. The van der Waals surface area contributed by atoms with Crippen LogP contribution in [-0.2, 0) is 10.3 Å². The molecule has 10 heteroatoms. The number of amides is 4. The van der Waals surface area contributed by atoms with E-state index < -0.39 is 29.2 Å². The van der Waals surface area contributed by atoms with Crippen LogP contribution in [0.25, 0.3) is 5.69 Å². The number of benzene rings is 3. The number of hydrogen-bond donors (Lipinski definition) is 2. The van der Waals surface area contributed by atoms with Crippen LogP contribution in [0.15, 0.2) is 84.9 Å². The second kappa shape index (κ2) is 8.49. The van der Waals surface area contributed by atoms with E-state index in [1.165, 1.54) is 28.9 Å². The molecule has 0 unspecified atom stereocenters. The van der Waals surface area contributed by atoms with E-state index >= 15 is 0 Å². The molecule has 0 atom stereocenters. The lowest BCUT2D eigenvalue weighted by atomic mass is 9.83. The zero-order chi connectivity index (χ0) is 24.6. The largest absolute Gasteiger partial charge is 0.344 e. The fourth-order valence-electron chi connectivity index (χ4n) is 4.03. The van der Waals surface area contributed by atoms with Crippen LogP contribution in [0.5, 0.6) is 0 Å². The highest BCUT2D eigenvalue weighted by molar-refractivity contribution is 6.11. The molecule has 9 nitrogen and oxygen atoms in total. The normalized spacial score (nSPS) is 14.6. The lowest BCUT2D eigenvalue weighted by molar-refractivity contribution is -0.131. The average Bonchev–Trinajstić information content (AvgIpc) is 3.39. The van der Waals surface area contributed by atoms with Gasteiger partial charge >= 0.3 is 11.9 Å². The third-order valence-corrected chi connectivity index (χ3v) is 5.69. The maximum Gasteiger partial charge on any atom is 0.344 e. The summed E-state index contributed by atoms with van der Waals surface area (Å²) >= 11 is 0. The fraction of sp³-hybridized carbons (Fsp3) is 0.0800. The first-order valence-electron chi connectivity index (χ1n) is 10.7. The summed E-state index contributed by atoms with van der Waals surface area (Å²) in [5, 5.41) is 7.54. The molecule has 2 N–H and O–H groups in total. The Morgan fingerprint density at radius 3 is 2.06 bits per heavy atom. The molecule has 0 saturated carbocycles. The molecule has 0 radical (unpaired) electrons. The maximum absolute atomic E-state index is 13.7. The second-order valence-corrected chi connectivity index (χ2v) is 7.86. The topological polar surface area (TPSA) is 109 Å². The molecule has 2 heterocycles. The van der Waals surface area contributed by atoms with Gasteiger partial charge in [-0.15, -0.1) is 5.10 Å². The molecule has 1 aliphatic heterocycles. The van der Waals surface area contributed by atoms with Crippen LogP contribution in [-0.4, -0.2) is 37.6 Å². The van der Waals surface area contributed by atoms with Gasteiger partial charge in [-0.05, 0) is 42.3 Å². The summed E-state index contributed by atoms with van der Waals surface area (Å²) < 4.78 is 14.6. The molecule has 1 fully saturated rings. The third kappa shape index (κ3) is 3.70. The highest BCUT2D eigenvalue weighted by atomic mass is 19.1. The van der Waals surface area contributed by atoms with Crippen molar-refractivity contribution < 1.29 is 18.8 Å². The fourth-order valence-corrected chi connectivity index (χ4v) is 4.03. The molecule has 1 aliphatic rings. The Bertz CT molecular complexity index is 1380. The zero-order valence-corrected chi connectivity index (χ0v) is 18.5. The number of rotatable bonds is 5. The number of aryl methyl sites for hydroxylation is 1. The summed E-state index contributed by atoms with van der Waals surface area (Å²) in [5.41, 5.74) is 2.37. The summed E-state index contributed by atoms with van der Waals surface area (Å²) in [7, 11) is 0. The lowest BCUT2D eigenvalue weighted by Crippen LogP contribution is -2.49. The van der Waals surface area contributed by atoms with Crippen LogP contribution in [0, 0.1) is 12.7 Å². The Kier molecular flexibility index (Phi) is 5.33. The standard InChI is InChI=1S/C25H19FN6O3/c1-16-27-21(29-31(16)20-14-12-19(26)13-15-20)22(33)30-32-23(34)25(28-24(32)35,17-8-4-2-5-9-17)18-10-6-3-7-11-18/h2-15H,1H3,(H,28,35)(H,30,33). The van der Waals surface area contributed by atoms with Crippen molar-refractivity contribution in [2.75, 3.05) is 0 Å². The highest BCUT2D eigenvalue weighted by Gasteiger charge is 2.54. The van der Waals surface area contributed by atoms with E-state index in [0.29, 0.717) is 27.6 Å². The lowest BCUT2D eigenvalue weighted by Gasteiger charge is -2.27. The van der Waals surface area contributed by atoms with E-state index in [9.17, 15) is 18.8 Å². The molecule has 0 aliphatic carbocycles. The van der Waals surface area contributed by atoms with E-state index in [4.69, 9.17) is 0 Å². The van der Waals surface area contributed by atoms with Gasteiger partial charge in [-0.1, -0.05) is 60.7 Å². The molecular formula is C25H19FN6O3. The summed E-state index contributed by atoms with van der Waals surface area (Å²) in [4.78, 5) is 43.7. The second-order valence-electron chi connectivity index (χ2n) is 7.86. The number of hydrogen-bond acceptors (Lipinski definition) is 5. The first-order valence-corrected chi connectivity index (χ1v) is 10.7. The zero-order valence-electron chi connectivity index (χ0n) is 18.5. The molecule has 1 saturated heterocycles. The molecule has 35 heavy (non-hydrogen) atoms. The summed E-state index contributed by atoms with van der Waals surface area (Å²) in [6, 6.07) is 22.3.